The lowest BCUT2D eigenvalue weighted by atomic mass is 9.91. The molecule has 5 N–H and O–H groups in total. The highest BCUT2D eigenvalue weighted by Gasteiger charge is 2.17. The van der Waals surface area contributed by atoms with Crippen LogP contribution in [0.2, 0.25) is 0 Å². The summed E-state index contributed by atoms with van der Waals surface area (Å²) in [4.78, 5) is 16.7. The first-order chi connectivity index (χ1) is 14.8. The molecular weight excluding hydrogens is 404 g/mol. The fourth-order valence-corrected chi connectivity index (χ4v) is 2.98. The Bertz CT molecular complexity index is 1060. The molecule has 8 heteroatoms. The lowest BCUT2D eigenvalue weighted by Crippen LogP contribution is -2.23. The number of nitrogens with one attached hydrogen (secondary N) is 1. The number of anilines is 1. The smallest absolute Gasteiger partial charge is 0.231 e. The molecule has 2 aromatic rings. The summed E-state index contributed by atoms with van der Waals surface area (Å²) in [5.74, 6) is 0.197. The number of nitrogens with two attached hydrogens (primary N) is 2. The van der Waals surface area contributed by atoms with Gasteiger partial charge in [-0.15, -0.1) is 0 Å². The number of rotatable bonds is 6. The molecule has 0 aliphatic carbocycles. The van der Waals surface area contributed by atoms with Crippen LogP contribution in [0.4, 0.5) is 5.88 Å². The minimum absolute atomic E-state index is 0.0743. The Kier molecular flexibility index (Phi) is 7.47. The van der Waals surface area contributed by atoms with Crippen LogP contribution < -0.4 is 16.8 Å². The minimum Gasteiger partial charge on any atom is -0.397 e. The third-order valence-corrected chi connectivity index (χ3v) is 4.26. The highest BCUT2D eigenvalue weighted by Crippen LogP contribution is 2.22. The first-order valence-corrected chi connectivity index (χ1v) is 10.4. The molecule has 0 unspecified atom stereocenters. The van der Waals surface area contributed by atoms with Crippen molar-refractivity contribution in [2.45, 2.75) is 59.9 Å². The summed E-state index contributed by atoms with van der Waals surface area (Å²) in [5, 5.41) is 16.2. The van der Waals surface area contributed by atoms with Gasteiger partial charge in [0.05, 0.1) is 23.4 Å². The van der Waals surface area contributed by atoms with Crippen molar-refractivity contribution < 1.29 is 9.32 Å². The van der Waals surface area contributed by atoms with Crippen LogP contribution in [0.5, 0.6) is 0 Å². The number of aliphatic imine (C=N–C) groups is 1. The lowest BCUT2D eigenvalue weighted by molar-refractivity contribution is -0.115. The molecule has 1 amide bonds. The Labute approximate surface area is 189 Å². The molecule has 1 heterocycles. The molecule has 0 spiro atoms. The summed E-state index contributed by atoms with van der Waals surface area (Å²) in [5.41, 5.74) is 14.4. The summed E-state index contributed by atoms with van der Waals surface area (Å²) in [7, 11) is 0. The lowest BCUT2D eigenvalue weighted by Gasteiger charge is -2.14. The van der Waals surface area contributed by atoms with Gasteiger partial charge in [0, 0.05) is 6.07 Å². The largest absolute Gasteiger partial charge is 0.397 e. The van der Waals surface area contributed by atoms with E-state index in [9.17, 15) is 10.1 Å². The van der Waals surface area contributed by atoms with Gasteiger partial charge >= 0.3 is 0 Å². The fraction of sp³-hybridized carbons (Fsp3) is 0.417. The van der Waals surface area contributed by atoms with Crippen molar-refractivity contribution in [3.63, 3.8) is 0 Å². The molecule has 1 aromatic carbocycles. The third-order valence-electron chi connectivity index (χ3n) is 4.26. The molecule has 0 saturated carbocycles. The normalized spacial score (nSPS) is 13.3. The van der Waals surface area contributed by atoms with Crippen LogP contribution in [0.25, 0.3) is 5.70 Å². The van der Waals surface area contributed by atoms with Gasteiger partial charge < -0.3 is 16.0 Å². The van der Waals surface area contributed by atoms with Gasteiger partial charge in [0.25, 0.3) is 0 Å². The molecule has 1 aromatic heterocycles. The number of nitrogens with zero attached hydrogens (tertiary/aromatic N) is 3. The van der Waals surface area contributed by atoms with E-state index in [4.69, 9.17) is 16.0 Å². The average Bonchev–Trinajstić information content (AvgIpc) is 3.05. The zero-order valence-electron chi connectivity index (χ0n) is 19.6. The summed E-state index contributed by atoms with van der Waals surface area (Å²) < 4.78 is 5.21. The summed E-state index contributed by atoms with van der Waals surface area (Å²) in [6, 6.07) is 10.8. The fourth-order valence-electron chi connectivity index (χ4n) is 2.98. The van der Waals surface area contributed by atoms with Crippen LogP contribution in [0.15, 0.2) is 45.4 Å². The van der Waals surface area contributed by atoms with E-state index in [0.717, 1.165) is 17.7 Å². The molecule has 170 valence electrons. The first-order valence-electron chi connectivity index (χ1n) is 10.4. The molecule has 0 atom stereocenters. The van der Waals surface area contributed by atoms with E-state index in [0.29, 0.717) is 11.4 Å². The van der Waals surface area contributed by atoms with E-state index < -0.39 is 5.54 Å². The zero-order chi connectivity index (χ0) is 24.1. The van der Waals surface area contributed by atoms with Crippen molar-refractivity contribution >= 4 is 23.3 Å². The maximum Gasteiger partial charge on any atom is 0.231 e. The quantitative estimate of drug-likeness (QED) is 0.357. The van der Waals surface area contributed by atoms with Crippen molar-refractivity contribution in [2.24, 2.45) is 21.9 Å². The number of amidine groups is 1. The first kappa shape index (κ1) is 24.7. The van der Waals surface area contributed by atoms with E-state index in [1.165, 1.54) is 0 Å². The minimum atomic E-state index is -0.430. The van der Waals surface area contributed by atoms with Gasteiger partial charge in [-0.2, -0.15) is 5.26 Å². The summed E-state index contributed by atoms with van der Waals surface area (Å²) >= 11 is 0. The molecule has 0 aliphatic rings. The van der Waals surface area contributed by atoms with Gasteiger partial charge in [-0.3, -0.25) is 15.1 Å². The Balaban J connectivity index is 2.08. The number of amides is 1. The van der Waals surface area contributed by atoms with Gasteiger partial charge in [-0.05, 0) is 43.7 Å². The van der Waals surface area contributed by atoms with Crippen LogP contribution in [-0.4, -0.2) is 22.4 Å². The van der Waals surface area contributed by atoms with Gasteiger partial charge in [0.1, 0.15) is 17.5 Å². The Morgan fingerprint density at radius 2 is 1.78 bits per heavy atom. The topological polar surface area (TPSA) is 143 Å². The highest BCUT2D eigenvalue weighted by atomic mass is 16.5. The Morgan fingerprint density at radius 1 is 1.16 bits per heavy atom. The average molecular weight is 437 g/mol. The maximum atomic E-state index is 12.4. The predicted molar refractivity (Wildman–Crippen MR) is 127 cm³/mol. The SMILES string of the molecule is CC(C)(C)Cc1cc(NC(=O)Cc2ccc(C(N)=C(C#N)C(N)=NC(C)(C)C)cc2)on1. The molecule has 0 aliphatic heterocycles. The molecular formula is C24H32N6O2. The molecule has 32 heavy (non-hydrogen) atoms. The number of hydrogen-bond donors (Lipinski definition) is 3. The number of nitriles is 1. The van der Waals surface area contributed by atoms with E-state index >= 15 is 0 Å². The molecule has 0 fully saturated rings. The standard InChI is InChI=1S/C24H32N6O2/c1-23(2,3)13-17-12-20(32-30-17)28-19(31)11-15-7-9-16(10-8-15)21(26)18(14-25)22(27)29-24(4,5)6/h7-10,12H,11,13,26H2,1-6H3,(H2,27,29)(H,28,31). The van der Waals surface area contributed by atoms with Crippen LogP contribution in [0.3, 0.4) is 0 Å². The summed E-state index contributed by atoms with van der Waals surface area (Å²) in [6.45, 7) is 12.0. The molecule has 0 radical (unpaired) electrons. The Hall–Kier alpha value is -3.60. The van der Waals surface area contributed by atoms with E-state index in [-0.39, 0.29) is 34.8 Å². The van der Waals surface area contributed by atoms with Gasteiger partial charge in [0.2, 0.25) is 11.8 Å². The van der Waals surface area contributed by atoms with Crippen LogP contribution >= 0.6 is 0 Å². The van der Waals surface area contributed by atoms with E-state index in [2.05, 4.69) is 36.2 Å². The zero-order valence-corrected chi connectivity index (χ0v) is 19.6. The Morgan fingerprint density at radius 3 is 2.31 bits per heavy atom. The van der Waals surface area contributed by atoms with Gasteiger partial charge in [0.15, 0.2) is 0 Å². The highest BCUT2D eigenvalue weighted by molar-refractivity contribution is 6.07. The van der Waals surface area contributed by atoms with Crippen molar-refractivity contribution in [2.75, 3.05) is 5.32 Å². The van der Waals surface area contributed by atoms with E-state index in [1.54, 1.807) is 30.3 Å². The van der Waals surface area contributed by atoms with Crippen molar-refractivity contribution in [1.29, 1.82) is 5.26 Å². The monoisotopic (exact) mass is 436 g/mol. The van der Waals surface area contributed by atoms with Gasteiger partial charge in [-0.1, -0.05) is 50.2 Å². The molecule has 2 rings (SSSR count). The maximum absolute atomic E-state index is 12.4. The van der Waals surface area contributed by atoms with Crippen LogP contribution in [0, 0.1) is 16.7 Å². The second kappa shape index (κ2) is 9.69. The van der Waals surface area contributed by atoms with E-state index in [1.807, 2.05) is 26.8 Å². The second-order valence-electron chi connectivity index (χ2n) is 9.91. The predicted octanol–water partition coefficient (Wildman–Crippen LogP) is 3.79. The molecule has 8 nitrogen and oxygen atoms in total. The van der Waals surface area contributed by atoms with Crippen LogP contribution in [-0.2, 0) is 17.6 Å². The van der Waals surface area contributed by atoms with Crippen molar-refractivity contribution in [3.05, 3.63) is 52.7 Å². The number of aromatic nitrogens is 1. The second-order valence-corrected chi connectivity index (χ2v) is 9.91. The summed E-state index contributed by atoms with van der Waals surface area (Å²) in [6.07, 6.45) is 0.899. The molecule has 0 bridgehead atoms. The number of carbonyl (C=O) groups is 1. The van der Waals surface area contributed by atoms with Crippen LogP contribution in [0.1, 0.15) is 58.4 Å². The third kappa shape index (κ3) is 7.58. The van der Waals surface area contributed by atoms with Crippen molar-refractivity contribution in [1.82, 2.24) is 5.16 Å². The number of hydrogen-bond acceptors (Lipinski definition) is 6. The van der Waals surface area contributed by atoms with Crippen molar-refractivity contribution in [3.8, 4) is 6.07 Å². The number of benzene rings is 1. The number of carbonyl (C=O) groups excluding carboxylic acids is 1. The molecule has 0 saturated heterocycles. The van der Waals surface area contributed by atoms with Gasteiger partial charge in [-0.25, -0.2) is 0 Å².